The number of aliphatic carboxylic acids is 1. The van der Waals surface area contributed by atoms with Crippen molar-refractivity contribution in [2.24, 2.45) is 11.8 Å². The third-order valence-electron chi connectivity index (χ3n) is 6.98. The Balaban J connectivity index is 2.01. The maximum absolute atomic E-state index is 13.4. The fourth-order valence-electron chi connectivity index (χ4n) is 4.30. The molecule has 10 heteroatoms. The predicted octanol–water partition coefficient (Wildman–Crippen LogP) is 3.08. The Hall–Kier alpha value is -2.46. The number of carboxylic acid groups (broad SMARTS) is 1. The van der Waals surface area contributed by atoms with Gasteiger partial charge in [0, 0.05) is 19.0 Å². The van der Waals surface area contributed by atoms with E-state index in [0.29, 0.717) is 38.8 Å². The summed E-state index contributed by atoms with van der Waals surface area (Å²) >= 11 is 0. The molecule has 0 spiro atoms. The van der Waals surface area contributed by atoms with Crippen LogP contribution in [0.2, 0.25) is 0 Å². The number of rotatable bonds is 13. The molecule has 1 aromatic carbocycles. The summed E-state index contributed by atoms with van der Waals surface area (Å²) in [5.74, 6) is -2.25. The van der Waals surface area contributed by atoms with Crippen molar-refractivity contribution in [2.45, 2.75) is 89.6 Å². The molecule has 0 aromatic heterocycles. The normalized spacial score (nSPS) is 17.3. The highest BCUT2D eigenvalue weighted by Gasteiger charge is 2.36. The van der Waals surface area contributed by atoms with Gasteiger partial charge in [0.05, 0.1) is 4.90 Å². The molecule has 9 nitrogen and oxygen atoms in total. The number of nitrogens with one attached hydrogen (secondary N) is 2. The van der Waals surface area contributed by atoms with Crippen molar-refractivity contribution in [3.05, 3.63) is 29.8 Å². The van der Waals surface area contributed by atoms with Crippen LogP contribution in [0.4, 0.5) is 0 Å². The number of sulfonamides is 1. The van der Waals surface area contributed by atoms with Gasteiger partial charge in [0.2, 0.25) is 21.8 Å². The smallest absolute Gasteiger partial charge is 0.326 e. The Morgan fingerprint density at radius 2 is 1.69 bits per heavy atom. The topological polar surface area (TPSA) is 133 Å². The van der Waals surface area contributed by atoms with Gasteiger partial charge in [-0.1, -0.05) is 64.2 Å². The molecule has 36 heavy (non-hydrogen) atoms. The Morgan fingerprint density at radius 1 is 1.08 bits per heavy atom. The van der Waals surface area contributed by atoms with E-state index in [1.807, 2.05) is 27.7 Å². The van der Waals surface area contributed by atoms with E-state index in [4.69, 9.17) is 0 Å². The van der Waals surface area contributed by atoms with E-state index in [1.165, 1.54) is 12.1 Å². The van der Waals surface area contributed by atoms with Crippen LogP contribution < -0.4 is 10.0 Å². The van der Waals surface area contributed by atoms with Crippen molar-refractivity contribution in [2.75, 3.05) is 13.1 Å². The van der Waals surface area contributed by atoms with Crippen molar-refractivity contribution in [3.63, 3.8) is 0 Å². The molecule has 0 radical (unpaired) electrons. The number of hydrogen-bond acceptors (Lipinski definition) is 5. The molecule has 3 N–H and O–H groups in total. The van der Waals surface area contributed by atoms with Crippen LogP contribution >= 0.6 is 0 Å². The quantitative estimate of drug-likeness (QED) is 0.340. The van der Waals surface area contributed by atoms with Gasteiger partial charge in [0.25, 0.3) is 0 Å². The highest BCUT2D eigenvalue weighted by molar-refractivity contribution is 7.89. The Morgan fingerprint density at radius 3 is 2.22 bits per heavy atom. The second-order valence-electron chi connectivity index (χ2n) is 9.79. The molecule has 1 fully saturated rings. The average molecular weight is 524 g/mol. The molecule has 3 unspecified atom stereocenters. The van der Waals surface area contributed by atoms with E-state index < -0.39 is 28.1 Å². The molecule has 2 amide bonds. The molecule has 2 rings (SSSR count). The van der Waals surface area contributed by atoms with Crippen LogP contribution in [0.5, 0.6) is 0 Å². The third-order valence-corrected chi connectivity index (χ3v) is 8.44. The average Bonchev–Trinajstić information content (AvgIpc) is 2.86. The van der Waals surface area contributed by atoms with Crippen LogP contribution in [-0.2, 0) is 24.4 Å². The Kier molecular flexibility index (Phi) is 11.4. The van der Waals surface area contributed by atoms with E-state index in [2.05, 4.69) is 10.0 Å². The van der Waals surface area contributed by atoms with Crippen molar-refractivity contribution in [1.29, 1.82) is 0 Å². The SMILES string of the molecule is CCCCCC(NC(=O)C1CCN(C(=O)C(NS(=O)(=O)c2ccc(C)cc2)C(C)CC)CC1)C(=O)O. The van der Waals surface area contributed by atoms with Gasteiger partial charge in [-0.25, -0.2) is 13.2 Å². The molecule has 1 saturated heterocycles. The molecular weight excluding hydrogens is 482 g/mol. The van der Waals surface area contributed by atoms with Gasteiger partial charge in [0.1, 0.15) is 12.1 Å². The van der Waals surface area contributed by atoms with Crippen LogP contribution in [0.15, 0.2) is 29.2 Å². The van der Waals surface area contributed by atoms with Gasteiger partial charge < -0.3 is 15.3 Å². The summed E-state index contributed by atoms with van der Waals surface area (Å²) in [6.45, 7) is 8.26. The van der Waals surface area contributed by atoms with E-state index in [9.17, 15) is 27.9 Å². The molecule has 202 valence electrons. The first-order chi connectivity index (χ1) is 17.0. The second-order valence-corrected chi connectivity index (χ2v) is 11.5. The van der Waals surface area contributed by atoms with Gasteiger partial charge in [-0.2, -0.15) is 4.72 Å². The fraction of sp³-hybridized carbons (Fsp3) is 0.654. The number of hydrogen-bond donors (Lipinski definition) is 3. The van der Waals surface area contributed by atoms with E-state index in [0.717, 1.165) is 24.8 Å². The van der Waals surface area contributed by atoms with Crippen LogP contribution in [0.1, 0.15) is 71.3 Å². The Labute approximate surface area is 215 Å². The first kappa shape index (κ1) is 29.8. The number of aryl methyl sites for hydroxylation is 1. The lowest BCUT2D eigenvalue weighted by Crippen LogP contribution is -2.54. The summed E-state index contributed by atoms with van der Waals surface area (Å²) in [6.07, 6.45) is 4.41. The number of amides is 2. The first-order valence-electron chi connectivity index (χ1n) is 12.9. The van der Waals surface area contributed by atoms with Crippen LogP contribution in [0, 0.1) is 18.8 Å². The van der Waals surface area contributed by atoms with E-state index in [1.54, 1.807) is 17.0 Å². The summed E-state index contributed by atoms with van der Waals surface area (Å²) in [4.78, 5) is 39.3. The first-order valence-corrected chi connectivity index (χ1v) is 14.4. The largest absolute Gasteiger partial charge is 0.480 e. The monoisotopic (exact) mass is 523 g/mol. The number of nitrogens with zero attached hydrogens (tertiary/aromatic N) is 1. The molecule has 0 bridgehead atoms. The van der Waals surface area contributed by atoms with Crippen molar-refractivity contribution < 1.29 is 27.9 Å². The second kappa shape index (κ2) is 13.7. The molecule has 1 heterocycles. The summed E-state index contributed by atoms with van der Waals surface area (Å²) < 4.78 is 28.6. The lowest BCUT2D eigenvalue weighted by Gasteiger charge is -2.35. The van der Waals surface area contributed by atoms with Crippen molar-refractivity contribution in [3.8, 4) is 0 Å². The van der Waals surface area contributed by atoms with Gasteiger partial charge in [-0.05, 0) is 44.2 Å². The van der Waals surface area contributed by atoms with Crippen molar-refractivity contribution >= 4 is 27.8 Å². The number of carbonyl (C=O) groups excluding carboxylic acids is 2. The molecule has 1 aromatic rings. The van der Waals surface area contributed by atoms with Gasteiger partial charge in [0.15, 0.2) is 0 Å². The lowest BCUT2D eigenvalue weighted by atomic mass is 9.93. The van der Waals surface area contributed by atoms with Crippen LogP contribution in [-0.4, -0.2) is 61.4 Å². The maximum Gasteiger partial charge on any atom is 0.326 e. The number of carbonyl (C=O) groups is 3. The molecule has 0 saturated carbocycles. The number of unbranched alkanes of at least 4 members (excludes halogenated alkanes) is 2. The van der Waals surface area contributed by atoms with E-state index >= 15 is 0 Å². The zero-order valence-electron chi connectivity index (χ0n) is 21.8. The van der Waals surface area contributed by atoms with E-state index in [-0.39, 0.29) is 28.5 Å². The zero-order chi connectivity index (χ0) is 26.9. The maximum atomic E-state index is 13.4. The van der Waals surface area contributed by atoms with Crippen LogP contribution in [0.25, 0.3) is 0 Å². The molecule has 1 aliphatic rings. The van der Waals surface area contributed by atoms with Gasteiger partial charge in [-0.15, -0.1) is 0 Å². The molecular formula is C26H41N3O6S. The highest BCUT2D eigenvalue weighted by Crippen LogP contribution is 2.22. The van der Waals surface area contributed by atoms with Crippen molar-refractivity contribution in [1.82, 2.24) is 14.9 Å². The standard InChI is InChI=1S/C26H41N3O6S/c1-5-7-8-9-22(26(32)33)27-24(30)20-14-16-29(17-15-20)25(31)23(19(4)6-2)28-36(34,35)21-12-10-18(3)11-13-21/h10-13,19-20,22-23,28H,5-9,14-17H2,1-4H3,(H,27,30)(H,32,33). The molecule has 3 atom stereocenters. The highest BCUT2D eigenvalue weighted by atomic mass is 32.2. The lowest BCUT2D eigenvalue weighted by molar-refractivity contribution is -0.143. The third kappa shape index (κ3) is 8.30. The summed E-state index contributed by atoms with van der Waals surface area (Å²) in [5.41, 5.74) is 0.936. The summed E-state index contributed by atoms with van der Waals surface area (Å²) in [5, 5.41) is 12.1. The number of carboxylic acids is 1. The zero-order valence-corrected chi connectivity index (χ0v) is 22.6. The number of piperidine rings is 1. The van der Waals surface area contributed by atoms with Crippen LogP contribution in [0.3, 0.4) is 0 Å². The molecule has 0 aliphatic carbocycles. The van der Waals surface area contributed by atoms with Gasteiger partial charge >= 0.3 is 5.97 Å². The van der Waals surface area contributed by atoms with Gasteiger partial charge in [-0.3, -0.25) is 9.59 Å². The predicted molar refractivity (Wildman–Crippen MR) is 138 cm³/mol. The summed E-state index contributed by atoms with van der Waals surface area (Å²) in [6, 6.07) is 4.64. The fourth-order valence-corrected chi connectivity index (χ4v) is 5.60. The molecule has 1 aliphatic heterocycles. The summed E-state index contributed by atoms with van der Waals surface area (Å²) in [7, 11) is -3.89. The minimum Gasteiger partial charge on any atom is -0.480 e. The Bertz CT molecular complexity index is 987. The number of benzene rings is 1. The minimum atomic E-state index is -3.89. The number of likely N-dealkylation sites (tertiary alicyclic amines) is 1. The minimum absolute atomic E-state index is 0.108.